The van der Waals surface area contributed by atoms with Gasteiger partial charge in [0.2, 0.25) is 0 Å². The Labute approximate surface area is 206 Å². The quantitative estimate of drug-likeness (QED) is 0.706. The molecule has 2 bridgehead atoms. The van der Waals surface area contributed by atoms with Crippen LogP contribution in [0.5, 0.6) is 0 Å². The number of nitrogens with zero attached hydrogens (tertiary/aromatic N) is 4. The molecule has 8 nitrogen and oxygen atoms in total. The number of aromatic nitrogens is 1. The molecule has 0 unspecified atom stereocenters. The first-order chi connectivity index (χ1) is 16.8. The van der Waals surface area contributed by atoms with Crippen LogP contribution in [0.3, 0.4) is 0 Å². The summed E-state index contributed by atoms with van der Waals surface area (Å²) < 4.78 is 0. The molecular formula is C27H35N5O3. The summed E-state index contributed by atoms with van der Waals surface area (Å²) in [6.45, 7) is 3.02. The number of carbonyl (C=O) groups excluding carboxylic acids is 2. The lowest BCUT2D eigenvalue weighted by Crippen LogP contribution is -2.58. The Kier molecular flexibility index (Phi) is 6.17. The summed E-state index contributed by atoms with van der Waals surface area (Å²) in [5, 5.41) is 13.7. The molecule has 2 aromatic rings. The number of rotatable bonds is 4. The molecule has 4 aliphatic rings. The monoisotopic (exact) mass is 477 g/mol. The number of urea groups is 1. The number of anilines is 1. The summed E-state index contributed by atoms with van der Waals surface area (Å²) in [6.07, 6.45) is 8.21. The topological polar surface area (TPSA) is 89.0 Å². The molecule has 0 atom stereocenters. The molecule has 8 heteroatoms. The van der Waals surface area contributed by atoms with Crippen molar-refractivity contribution in [2.24, 2.45) is 0 Å². The van der Waals surface area contributed by atoms with Gasteiger partial charge in [0.05, 0.1) is 11.2 Å². The van der Waals surface area contributed by atoms with Gasteiger partial charge in [0.1, 0.15) is 0 Å². The zero-order valence-electron chi connectivity index (χ0n) is 20.7. The second-order valence-electron chi connectivity index (χ2n) is 10.6. The number of piperazine rings is 1. The van der Waals surface area contributed by atoms with Gasteiger partial charge in [-0.15, -0.1) is 0 Å². The van der Waals surface area contributed by atoms with Gasteiger partial charge < -0.3 is 25.1 Å². The average Bonchev–Trinajstić information content (AvgIpc) is 2.89. The Bertz CT molecular complexity index is 1070. The van der Waals surface area contributed by atoms with E-state index in [-0.39, 0.29) is 17.5 Å². The maximum absolute atomic E-state index is 13.1. The zero-order chi connectivity index (χ0) is 24.6. The number of fused-ring (bicyclic) bond motifs is 3. The smallest absolute Gasteiger partial charge is 0.319 e. The van der Waals surface area contributed by atoms with Crippen LogP contribution in [-0.4, -0.2) is 83.2 Å². The number of hydrogen-bond donors (Lipinski definition) is 2. The second-order valence-corrected chi connectivity index (χ2v) is 10.6. The van der Waals surface area contributed by atoms with Crippen LogP contribution < -0.4 is 10.2 Å². The fourth-order valence-corrected chi connectivity index (χ4v) is 5.69. The lowest BCUT2D eigenvalue weighted by atomic mass is 9.63. The van der Waals surface area contributed by atoms with E-state index in [1.807, 2.05) is 11.0 Å². The first kappa shape index (κ1) is 23.6. The molecule has 0 radical (unpaired) electrons. The molecule has 0 spiro atoms. The first-order valence-electron chi connectivity index (χ1n) is 12.6. The van der Waals surface area contributed by atoms with Crippen molar-refractivity contribution >= 4 is 17.6 Å². The zero-order valence-corrected chi connectivity index (χ0v) is 20.7. The summed E-state index contributed by atoms with van der Waals surface area (Å²) in [6, 6.07) is 10.3. The van der Waals surface area contributed by atoms with Crippen LogP contribution in [-0.2, 0) is 0 Å². The second kappa shape index (κ2) is 9.15. The summed E-state index contributed by atoms with van der Waals surface area (Å²) in [4.78, 5) is 35.4. The van der Waals surface area contributed by atoms with Crippen molar-refractivity contribution < 1.29 is 14.7 Å². The lowest BCUT2D eigenvalue weighted by Gasteiger charge is -2.51. The van der Waals surface area contributed by atoms with Gasteiger partial charge in [0, 0.05) is 69.5 Å². The van der Waals surface area contributed by atoms with E-state index in [0.717, 1.165) is 68.4 Å². The van der Waals surface area contributed by atoms with E-state index in [4.69, 9.17) is 0 Å². The third kappa shape index (κ3) is 4.85. The summed E-state index contributed by atoms with van der Waals surface area (Å²) in [5.74, 6) is -0.0894. The molecular weight excluding hydrogens is 442 g/mol. The van der Waals surface area contributed by atoms with Crippen molar-refractivity contribution in [1.82, 2.24) is 20.1 Å². The first-order valence-corrected chi connectivity index (χ1v) is 12.6. The Morgan fingerprint density at radius 1 is 0.914 bits per heavy atom. The molecule has 1 saturated heterocycles. The summed E-state index contributed by atoms with van der Waals surface area (Å²) >= 11 is 0. The largest absolute Gasteiger partial charge is 0.390 e. The molecule has 186 valence electrons. The van der Waals surface area contributed by atoms with Crippen LogP contribution in [0.4, 0.5) is 10.5 Å². The highest BCUT2D eigenvalue weighted by Gasteiger charge is 2.48. The summed E-state index contributed by atoms with van der Waals surface area (Å²) in [7, 11) is 3.57. The Morgan fingerprint density at radius 2 is 1.54 bits per heavy atom. The fourth-order valence-electron chi connectivity index (χ4n) is 5.69. The highest BCUT2D eigenvalue weighted by molar-refractivity contribution is 5.95. The highest BCUT2D eigenvalue weighted by atomic mass is 16.3. The molecule has 3 aliphatic carbocycles. The molecule has 2 N–H and O–H groups in total. The van der Waals surface area contributed by atoms with Gasteiger partial charge in [-0.1, -0.05) is 12.1 Å². The van der Waals surface area contributed by atoms with Crippen molar-refractivity contribution in [2.45, 2.75) is 49.7 Å². The van der Waals surface area contributed by atoms with Crippen LogP contribution in [0, 0.1) is 0 Å². The SMILES string of the molecule is CN(C)C(=O)N1CCN(c2ccc(-c3cncc(C(=O)NC45CCC(O)(CC4)CC5)c3)cc2)CC1. The number of pyridine rings is 1. The van der Waals surface area contributed by atoms with Gasteiger partial charge >= 0.3 is 6.03 Å². The highest BCUT2D eigenvalue weighted by Crippen LogP contribution is 2.46. The number of aliphatic hydroxyl groups is 1. The van der Waals surface area contributed by atoms with Crippen molar-refractivity contribution in [3.8, 4) is 11.1 Å². The molecule has 1 aliphatic heterocycles. The van der Waals surface area contributed by atoms with Crippen molar-refractivity contribution in [1.29, 1.82) is 0 Å². The molecule has 2 heterocycles. The van der Waals surface area contributed by atoms with Crippen LogP contribution in [0.15, 0.2) is 42.7 Å². The van der Waals surface area contributed by atoms with E-state index in [2.05, 4.69) is 39.5 Å². The lowest BCUT2D eigenvalue weighted by molar-refractivity contribution is -0.0702. The predicted molar refractivity (Wildman–Crippen MR) is 135 cm³/mol. The number of carbonyl (C=O) groups is 2. The van der Waals surface area contributed by atoms with E-state index in [1.165, 1.54) is 0 Å². The Morgan fingerprint density at radius 3 is 2.14 bits per heavy atom. The number of hydrogen-bond acceptors (Lipinski definition) is 5. The normalized spacial score (nSPS) is 25.9. The number of nitrogens with one attached hydrogen (secondary N) is 1. The van der Waals surface area contributed by atoms with Crippen LogP contribution in [0.2, 0.25) is 0 Å². The molecule has 35 heavy (non-hydrogen) atoms. The van der Waals surface area contributed by atoms with Gasteiger partial charge in [0.15, 0.2) is 0 Å². The number of benzene rings is 1. The van der Waals surface area contributed by atoms with Crippen LogP contribution in [0.25, 0.3) is 11.1 Å². The van der Waals surface area contributed by atoms with Crippen molar-refractivity contribution in [2.75, 3.05) is 45.2 Å². The summed E-state index contributed by atoms with van der Waals surface area (Å²) in [5.41, 5.74) is 2.90. The van der Waals surface area contributed by atoms with Gasteiger partial charge in [0.25, 0.3) is 5.91 Å². The van der Waals surface area contributed by atoms with Crippen LogP contribution in [0.1, 0.15) is 48.9 Å². The molecule has 3 saturated carbocycles. The molecule has 6 rings (SSSR count). The van der Waals surface area contributed by atoms with Gasteiger partial charge in [-0.2, -0.15) is 0 Å². The third-order valence-electron chi connectivity index (χ3n) is 8.08. The minimum absolute atomic E-state index is 0.0597. The maximum atomic E-state index is 13.1. The average molecular weight is 478 g/mol. The van der Waals surface area contributed by atoms with Gasteiger partial charge in [-0.25, -0.2) is 4.79 Å². The fraction of sp³-hybridized carbons (Fsp3) is 0.519. The third-order valence-corrected chi connectivity index (χ3v) is 8.08. The van der Waals surface area contributed by atoms with Gasteiger partial charge in [-0.3, -0.25) is 9.78 Å². The molecule has 4 fully saturated rings. The van der Waals surface area contributed by atoms with Crippen molar-refractivity contribution in [3.63, 3.8) is 0 Å². The van der Waals surface area contributed by atoms with E-state index < -0.39 is 5.60 Å². The standard InChI is InChI=1S/C27H35N5O3/c1-30(2)25(34)32-15-13-31(14-16-32)23-5-3-20(4-6-23)21-17-22(19-28-18-21)24(33)29-26-7-10-27(35,11-8-26)12-9-26/h3-6,17-19,35H,7-16H2,1-2H3,(H,29,33). The van der Waals surface area contributed by atoms with Gasteiger partial charge in [-0.05, 0) is 62.3 Å². The Hall–Kier alpha value is -3.13. The minimum Gasteiger partial charge on any atom is -0.390 e. The van der Waals surface area contributed by atoms with E-state index in [0.29, 0.717) is 18.7 Å². The van der Waals surface area contributed by atoms with E-state index in [1.54, 1.807) is 31.4 Å². The maximum Gasteiger partial charge on any atom is 0.319 e. The molecule has 1 aromatic heterocycles. The molecule has 1 aromatic carbocycles. The van der Waals surface area contributed by atoms with Crippen molar-refractivity contribution in [3.05, 3.63) is 48.3 Å². The number of amides is 3. The van der Waals surface area contributed by atoms with Crippen LogP contribution >= 0.6 is 0 Å². The minimum atomic E-state index is -0.517. The van der Waals surface area contributed by atoms with E-state index >= 15 is 0 Å². The Balaban J connectivity index is 1.23. The molecule has 3 amide bonds. The predicted octanol–water partition coefficient (Wildman–Crippen LogP) is 3.12. The van der Waals surface area contributed by atoms with E-state index in [9.17, 15) is 14.7 Å².